The number of ether oxygens (including phenoxy) is 1. The first-order valence-corrected chi connectivity index (χ1v) is 7.95. The lowest BCUT2D eigenvalue weighted by Gasteiger charge is -2.18. The van der Waals surface area contributed by atoms with E-state index in [0.29, 0.717) is 6.54 Å². The highest BCUT2D eigenvalue weighted by molar-refractivity contribution is 5.74. The highest BCUT2D eigenvalue weighted by Crippen LogP contribution is 2.19. The molecule has 0 aliphatic rings. The molecule has 1 unspecified atom stereocenters. The number of nitrogens with one attached hydrogen (secondary N) is 2. The summed E-state index contributed by atoms with van der Waals surface area (Å²) in [5.74, 6) is 0.816. The van der Waals surface area contributed by atoms with Gasteiger partial charge in [0.15, 0.2) is 0 Å². The fraction of sp³-hybridized carbons (Fsp3) is 0.316. The first kappa shape index (κ1) is 16.9. The lowest BCUT2D eigenvalue weighted by Crippen LogP contribution is -2.38. The molecule has 0 spiro atoms. The molecule has 0 aliphatic carbocycles. The van der Waals surface area contributed by atoms with E-state index >= 15 is 0 Å². The molecule has 4 heteroatoms. The molecule has 0 radical (unpaired) electrons. The predicted molar refractivity (Wildman–Crippen MR) is 92.7 cm³/mol. The van der Waals surface area contributed by atoms with E-state index in [1.54, 1.807) is 7.11 Å². The van der Waals surface area contributed by atoms with Crippen molar-refractivity contribution < 1.29 is 9.53 Å². The normalized spacial score (nSPS) is 11.6. The second-order valence-electron chi connectivity index (χ2n) is 5.37. The summed E-state index contributed by atoms with van der Waals surface area (Å²) in [6, 6.07) is 17.8. The Kier molecular flexibility index (Phi) is 6.48. The Morgan fingerprint density at radius 2 is 1.78 bits per heavy atom. The second kappa shape index (κ2) is 8.83. The van der Waals surface area contributed by atoms with Crippen LogP contribution < -0.4 is 15.4 Å². The average molecular weight is 312 g/mol. The number of amides is 2. The molecule has 2 aromatic carbocycles. The molecule has 0 heterocycles. The molecule has 0 bridgehead atoms. The van der Waals surface area contributed by atoms with Crippen LogP contribution in [-0.2, 0) is 6.42 Å². The van der Waals surface area contributed by atoms with Crippen LogP contribution in [-0.4, -0.2) is 19.7 Å². The van der Waals surface area contributed by atoms with Crippen LogP contribution in [0, 0.1) is 0 Å². The Bertz CT molecular complexity index is 597. The third-order valence-corrected chi connectivity index (χ3v) is 3.77. The first-order valence-electron chi connectivity index (χ1n) is 7.95. The zero-order valence-electron chi connectivity index (χ0n) is 13.7. The molecule has 0 aliphatic heterocycles. The van der Waals surface area contributed by atoms with E-state index in [1.807, 2.05) is 42.5 Å². The first-order chi connectivity index (χ1) is 11.2. The standard InChI is InChI=1S/C19H24N2O2/c1-3-18(16-9-11-17(23-2)12-10-16)21-19(22)20-14-13-15-7-5-4-6-8-15/h4-12,18H,3,13-14H2,1-2H3,(H2,20,21,22). The number of carbonyl (C=O) groups excluding carboxylic acids is 1. The quantitative estimate of drug-likeness (QED) is 0.819. The van der Waals surface area contributed by atoms with E-state index in [0.717, 1.165) is 24.2 Å². The number of carbonyl (C=O) groups is 1. The molecular weight excluding hydrogens is 288 g/mol. The molecule has 1 atom stereocenters. The van der Waals surface area contributed by atoms with E-state index in [2.05, 4.69) is 29.7 Å². The third-order valence-electron chi connectivity index (χ3n) is 3.77. The Hall–Kier alpha value is -2.49. The van der Waals surface area contributed by atoms with Gasteiger partial charge in [-0.05, 0) is 36.1 Å². The van der Waals surface area contributed by atoms with Crippen molar-refractivity contribution in [2.75, 3.05) is 13.7 Å². The fourth-order valence-corrected chi connectivity index (χ4v) is 2.43. The molecule has 2 amide bonds. The van der Waals surface area contributed by atoms with Crippen LogP contribution in [0.1, 0.15) is 30.5 Å². The van der Waals surface area contributed by atoms with Gasteiger partial charge < -0.3 is 15.4 Å². The molecule has 23 heavy (non-hydrogen) atoms. The van der Waals surface area contributed by atoms with E-state index in [-0.39, 0.29) is 12.1 Å². The molecule has 0 saturated heterocycles. The van der Waals surface area contributed by atoms with Gasteiger partial charge in [-0.3, -0.25) is 0 Å². The van der Waals surface area contributed by atoms with Gasteiger partial charge in [0, 0.05) is 6.54 Å². The second-order valence-corrected chi connectivity index (χ2v) is 5.37. The van der Waals surface area contributed by atoms with Crippen LogP contribution in [0.2, 0.25) is 0 Å². The lowest BCUT2D eigenvalue weighted by molar-refractivity contribution is 0.237. The molecule has 0 saturated carbocycles. The summed E-state index contributed by atoms with van der Waals surface area (Å²) in [5, 5.41) is 5.93. The summed E-state index contributed by atoms with van der Waals surface area (Å²) in [6.07, 6.45) is 1.66. The molecule has 2 rings (SSSR count). The van der Waals surface area contributed by atoms with Crippen molar-refractivity contribution in [3.8, 4) is 5.75 Å². The zero-order chi connectivity index (χ0) is 16.5. The van der Waals surface area contributed by atoms with Gasteiger partial charge >= 0.3 is 6.03 Å². The summed E-state index contributed by atoms with van der Waals surface area (Å²) in [4.78, 5) is 12.1. The topological polar surface area (TPSA) is 50.4 Å². The van der Waals surface area contributed by atoms with Crippen LogP contribution >= 0.6 is 0 Å². The minimum absolute atomic E-state index is 0.00219. The molecule has 0 fully saturated rings. The van der Waals surface area contributed by atoms with E-state index < -0.39 is 0 Å². The van der Waals surface area contributed by atoms with Crippen LogP contribution in [0.15, 0.2) is 54.6 Å². The number of methoxy groups -OCH3 is 1. The van der Waals surface area contributed by atoms with E-state index in [1.165, 1.54) is 5.56 Å². The van der Waals surface area contributed by atoms with Crippen LogP contribution in [0.5, 0.6) is 5.75 Å². The van der Waals surface area contributed by atoms with Gasteiger partial charge in [-0.1, -0.05) is 49.4 Å². The summed E-state index contributed by atoms with van der Waals surface area (Å²) >= 11 is 0. The SMILES string of the molecule is CCC(NC(=O)NCCc1ccccc1)c1ccc(OC)cc1. The van der Waals surface area contributed by atoms with E-state index in [4.69, 9.17) is 4.74 Å². The molecule has 0 aromatic heterocycles. The van der Waals surface area contributed by atoms with Crippen LogP contribution in [0.4, 0.5) is 4.79 Å². The molecule has 2 aromatic rings. The summed E-state index contributed by atoms with van der Waals surface area (Å²) in [7, 11) is 1.64. The maximum Gasteiger partial charge on any atom is 0.315 e. The highest BCUT2D eigenvalue weighted by atomic mass is 16.5. The van der Waals surface area contributed by atoms with Gasteiger partial charge in [0.2, 0.25) is 0 Å². The Labute approximate surface area is 137 Å². The maximum atomic E-state index is 12.1. The smallest absolute Gasteiger partial charge is 0.315 e. The molecule has 2 N–H and O–H groups in total. The van der Waals surface area contributed by atoms with Gasteiger partial charge in [0.1, 0.15) is 5.75 Å². The summed E-state index contributed by atoms with van der Waals surface area (Å²) < 4.78 is 5.16. The van der Waals surface area contributed by atoms with Crippen LogP contribution in [0.25, 0.3) is 0 Å². The van der Waals surface area contributed by atoms with Crippen LogP contribution in [0.3, 0.4) is 0 Å². The Balaban J connectivity index is 1.82. The number of rotatable bonds is 7. The Morgan fingerprint density at radius 1 is 1.09 bits per heavy atom. The highest BCUT2D eigenvalue weighted by Gasteiger charge is 2.12. The van der Waals surface area contributed by atoms with Gasteiger partial charge in [0.25, 0.3) is 0 Å². The van der Waals surface area contributed by atoms with Crippen molar-refractivity contribution in [3.63, 3.8) is 0 Å². The number of hydrogen-bond donors (Lipinski definition) is 2. The van der Waals surface area contributed by atoms with Crippen molar-refractivity contribution in [3.05, 3.63) is 65.7 Å². The van der Waals surface area contributed by atoms with Crippen molar-refractivity contribution in [2.45, 2.75) is 25.8 Å². The predicted octanol–water partition coefficient (Wildman–Crippen LogP) is 3.69. The third kappa shape index (κ3) is 5.33. The minimum Gasteiger partial charge on any atom is -0.497 e. The fourth-order valence-electron chi connectivity index (χ4n) is 2.43. The zero-order valence-corrected chi connectivity index (χ0v) is 13.7. The molecular formula is C19H24N2O2. The number of benzene rings is 2. The van der Waals surface area contributed by atoms with Gasteiger partial charge in [-0.25, -0.2) is 4.79 Å². The minimum atomic E-state index is -0.136. The molecule has 122 valence electrons. The van der Waals surface area contributed by atoms with Crippen molar-refractivity contribution >= 4 is 6.03 Å². The monoisotopic (exact) mass is 312 g/mol. The van der Waals surface area contributed by atoms with Gasteiger partial charge in [-0.15, -0.1) is 0 Å². The van der Waals surface area contributed by atoms with Gasteiger partial charge in [-0.2, -0.15) is 0 Å². The lowest BCUT2D eigenvalue weighted by atomic mass is 10.0. The maximum absolute atomic E-state index is 12.1. The summed E-state index contributed by atoms with van der Waals surface area (Å²) in [5.41, 5.74) is 2.29. The van der Waals surface area contributed by atoms with Crippen molar-refractivity contribution in [1.29, 1.82) is 0 Å². The average Bonchev–Trinajstić information content (AvgIpc) is 2.61. The number of hydrogen-bond acceptors (Lipinski definition) is 2. The van der Waals surface area contributed by atoms with Gasteiger partial charge in [0.05, 0.1) is 13.2 Å². The largest absolute Gasteiger partial charge is 0.497 e. The van der Waals surface area contributed by atoms with E-state index in [9.17, 15) is 4.79 Å². The van der Waals surface area contributed by atoms with Crippen molar-refractivity contribution in [1.82, 2.24) is 10.6 Å². The molecule has 4 nitrogen and oxygen atoms in total. The summed E-state index contributed by atoms with van der Waals surface area (Å²) in [6.45, 7) is 2.67. The number of urea groups is 1. The van der Waals surface area contributed by atoms with Crippen molar-refractivity contribution in [2.24, 2.45) is 0 Å². The Morgan fingerprint density at radius 3 is 2.39 bits per heavy atom.